The van der Waals surface area contributed by atoms with Crippen LogP contribution in [0.15, 0.2) is 9.66 Å². The van der Waals surface area contributed by atoms with E-state index in [1.54, 1.807) is 6.92 Å². The number of unbranched alkanes of at least 4 members (excludes halogenated alkanes) is 2. The lowest BCUT2D eigenvalue weighted by atomic mass is 9.93. The van der Waals surface area contributed by atoms with Crippen LogP contribution in [-0.4, -0.2) is 35.8 Å². The van der Waals surface area contributed by atoms with E-state index in [0.717, 1.165) is 22.6 Å². The first-order valence-electron chi connectivity index (χ1n) is 7.03. The Labute approximate surface area is 158 Å². The number of hydrogen-bond donors (Lipinski definition) is 0. The van der Waals surface area contributed by atoms with Crippen LogP contribution in [-0.2, 0) is 0 Å². The molecule has 14 heteroatoms. The van der Waals surface area contributed by atoms with Gasteiger partial charge in [0, 0.05) is 6.08 Å². The molecule has 0 rings (SSSR count). The van der Waals surface area contributed by atoms with Crippen molar-refractivity contribution >= 4 is 22.6 Å². The summed E-state index contributed by atoms with van der Waals surface area (Å²) < 4.78 is 167. The molecule has 0 N–H and O–H groups in total. The minimum absolute atomic E-state index is 0.131. The Morgan fingerprint density at radius 2 is 1.07 bits per heavy atom. The number of rotatable bonds is 9. The van der Waals surface area contributed by atoms with Crippen molar-refractivity contribution in [2.24, 2.45) is 0 Å². The van der Waals surface area contributed by atoms with Crippen molar-refractivity contribution in [1.82, 2.24) is 0 Å². The fourth-order valence-electron chi connectivity index (χ4n) is 1.69. The molecule has 0 aromatic heterocycles. The van der Waals surface area contributed by atoms with Crippen LogP contribution in [0.25, 0.3) is 0 Å². The highest BCUT2D eigenvalue weighted by Gasteiger charge is 2.90. The maximum atomic E-state index is 13.5. The van der Waals surface area contributed by atoms with Crippen LogP contribution in [0.2, 0.25) is 0 Å². The summed E-state index contributed by atoms with van der Waals surface area (Å²) in [5.41, 5.74) is 0. The third-order valence-electron chi connectivity index (χ3n) is 3.31. The van der Waals surface area contributed by atoms with Crippen LogP contribution in [0.5, 0.6) is 0 Å². The van der Waals surface area contributed by atoms with Crippen molar-refractivity contribution in [1.29, 1.82) is 0 Å². The molecule has 0 aliphatic heterocycles. The highest BCUT2D eigenvalue weighted by molar-refractivity contribution is 14.1. The molecule has 0 fully saturated rings. The smallest absolute Gasteiger partial charge is 0.195 e. The molecule has 0 spiro atoms. The van der Waals surface area contributed by atoms with E-state index in [9.17, 15) is 57.1 Å². The van der Waals surface area contributed by atoms with Crippen molar-refractivity contribution < 1.29 is 57.1 Å². The zero-order valence-electron chi connectivity index (χ0n) is 13.2. The molecule has 0 radical (unpaired) electrons. The SMILES string of the molecule is CCCCC/C(I)=C/C(F)(F)C(F)(F)C(F)(F)C(F)(F)C(F)(F)C(F)(F)F. The zero-order chi connectivity index (χ0) is 22.1. The first kappa shape index (κ1) is 26.6. The molecule has 0 bridgehead atoms. The number of halogens is 14. The summed E-state index contributed by atoms with van der Waals surface area (Å²) >= 11 is 1.01. The molecule has 0 aromatic carbocycles. The van der Waals surface area contributed by atoms with Gasteiger partial charge >= 0.3 is 35.8 Å². The first-order chi connectivity index (χ1) is 11.7. The molecular weight excluding hydrogens is 530 g/mol. The predicted molar refractivity (Wildman–Crippen MR) is 77.0 cm³/mol. The van der Waals surface area contributed by atoms with Gasteiger partial charge in [-0.25, -0.2) is 0 Å². The molecule has 27 heavy (non-hydrogen) atoms. The lowest BCUT2D eigenvalue weighted by Gasteiger charge is -2.39. The maximum Gasteiger partial charge on any atom is 0.460 e. The van der Waals surface area contributed by atoms with E-state index in [0.29, 0.717) is 12.8 Å². The molecule has 0 unspecified atom stereocenters. The van der Waals surface area contributed by atoms with Gasteiger partial charge in [-0.1, -0.05) is 19.8 Å². The highest BCUT2D eigenvalue weighted by Crippen LogP contribution is 2.60. The number of allylic oxidation sites excluding steroid dienone is 2. The molecule has 0 heterocycles. The van der Waals surface area contributed by atoms with E-state index in [4.69, 9.17) is 0 Å². The molecule has 162 valence electrons. The van der Waals surface area contributed by atoms with Crippen LogP contribution < -0.4 is 0 Å². The van der Waals surface area contributed by atoms with Crippen molar-refractivity contribution in [3.63, 3.8) is 0 Å². The zero-order valence-corrected chi connectivity index (χ0v) is 15.4. The summed E-state index contributed by atoms with van der Waals surface area (Å²) in [6.45, 7) is 1.67. The second kappa shape index (κ2) is 8.13. The molecule has 0 aliphatic carbocycles. The van der Waals surface area contributed by atoms with Crippen LogP contribution in [0.4, 0.5) is 57.1 Å². The monoisotopic (exact) mass is 542 g/mol. The van der Waals surface area contributed by atoms with E-state index >= 15 is 0 Å². The van der Waals surface area contributed by atoms with Gasteiger partial charge in [-0.05, 0) is 39.0 Å². The third-order valence-corrected chi connectivity index (χ3v) is 4.17. The molecule has 0 aliphatic rings. The van der Waals surface area contributed by atoms with E-state index in [1.165, 1.54) is 0 Å². The summed E-state index contributed by atoms with van der Waals surface area (Å²) in [7, 11) is 0. The lowest BCUT2D eigenvalue weighted by molar-refractivity contribution is -0.436. The summed E-state index contributed by atoms with van der Waals surface area (Å²) in [4.78, 5) is 0. The minimum Gasteiger partial charge on any atom is -0.195 e. The average Bonchev–Trinajstić information content (AvgIpc) is 2.44. The van der Waals surface area contributed by atoms with Crippen molar-refractivity contribution in [2.45, 2.75) is 68.4 Å². The maximum absolute atomic E-state index is 13.5. The number of hydrogen-bond acceptors (Lipinski definition) is 0. The summed E-state index contributed by atoms with van der Waals surface area (Å²) in [5, 5.41) is 0. The Kier molecular flexibility index (Phi) is 7.99. The normalized spacial score (nSPS) is 16.0. The van der Waals surface area contributed by atoms with Gasteiger partial charge in [-0.3, -0.25) is 0 Å². The molecule has 0 atom stereocenters. The first-order valence-corrected chi connectivity index (χ1v) is 8.11. The van der Waals surface area contributed by atoms with Crippen molar-refractivity contribution in [3.05, 3.63) is 9.66 Å². The second-order valence-corrected chi connectivity index (χ2v) is 6.85. The summed E-state index contributed by atoms with van der Waals surface area (Å²) in [6, 6.07) is 0. The van der Waals surface area contributed by atoms with Gasteiger partial charge in [0.25, 0.3) is 0 Å². The quantitative estimate of drug-likeness (QED) is 0.160. The Balaban J connectivity index is 6.05. The van der Waals surface area contributed by atoms with Crippen LogP contribution in [0.3, 0.4) is 0 Å². The van der Waals surface area contributed by atoms with Gasteiger partial charge in [0.05, 0.1) is 0 Å². The van der Waals surface area contributed by atoms with Crippen LogP contribution in [0, 0.1) is 0 Å². The van der Waals surface area contributed by atoms with E-state index in [1.807, 2.05) is 0 Å². The van der Waals surface area contributed by atoms with Crippen LogP contribution >= 0.6 is 22.6 Å². The molecule has 0 saturated carbocycles. The second-order valence-electron chi connectivity index (χ2n) is 5.47. The number of alkyl halides is 13. The van der Waals surface area contributed by atoms with Crippen molar-refractivity contribution in [2.75, 3.05) is 0 Å². The molecule has 0 aromatic rings. The largest absolute Gasteiger partial charge is 0.460 e. The fraction of sp³-hybridized carbons (Fsp3) is 0.846. The minimum atomic E-state index is -7.85. The van der Waals surface area contributed by atoms with Crippen LogP contribution in [0.1, 0.15) is 32.6 Å². The molecule has 0 amide bonds. The predicted octanol–water partition coefficient (Wildman–Crippen LogP) is 7.62. The van der Waals surface area contributed by atoms with E-state index in [2.05, 4.69) is 0 Å². The standard InChI is InChI=1S/C13H12F13I/c1-2-3-4-5-7(27)6-8(14,15)9(16,17)10(18,19)11(20,21)12(22,23)13(24,25)26/h6H,2-5H2,1H3/b7-6-. The van der Waals surface area contributed by atoms with Gasteiger partial charge < -0.3 is 0 Å². The van der Waals surface area contributed by atoms with Crippen molar-refractivity contribution in [3.8, 4) is 0 Å². The topological polar surface area (TPSA) is 0 Å². The Morgan fingerprint density at radius 3 is 1.44 bits per heavy atom. The van der Waals surface area contributed by atoms with Gasteiger partial charge in [-0.15, -0.1) is 0 Å². The Bertz CT molecular complexity index is 533. The highest BCUT2D eigenvalue weighted by atomic mass is 127. The van der Waals surface area contributed by atoms with E-state index < -0.39 is 45.4 Å². The Hall–Kier alpha value is -0.440. The van der Waals surface area contributed by atoms with Gasteiger partial charge in [0.1, 0.15) is 0 Å². The average molecular weight is 542 g/mol. The third kappa shape index (κ3) is 4.77. The lowest BCUT2D eigenvalue weighted by Crippen LogP contribution is -2.69. The van der Waals surface area contributed by atoms with Gasteiger partial charge in [-0.2, -0.15) is 57.1 Å². The van der Waals surface area contributed by atoms with Gasteiger partial charge in [0.15, 0.2) is 0 Å². The Morgan fingerprint density at radius 1 is 0.667 bits per heavy atom. The molecule has 0 nitrogen and oxygen atoms in total. The summed E-state index contributed by atoms with van der Waals surface area (Å²) in [5.74, 6) is -36.7. The van der Waals surface area contributed by atoms with E-state index in [-0.39, 0.29) is 12.8 Å². The molecular formula is C13H12F13I. The fourth-order valence-corrected chi connectivity index (χ4v) is 2.46. The summed E-state index contributed by atoms with van der Waals surface area (Å²) in [6.07, 6.45) is -7.50. The molecule has 0 saturated heterocycles. The van der Waals surface area contributed by atoms with Gasteiger partial charge in [0.2, 0.25) is 0 Å².